The number of anilines is 2. The summed E-state index contributed by atoms with van der Waals surface area (Å²) in [5.41, 5.74) is 1.28. The molecule has 2 amide bonds. The number of fused-ring (bicyclic) bond motifs is 1. The monoisotopic (exact) mass is 476 g/mol. The van der Waals surface area contributed by atoms with E-state index in [2.05, 4.69) is 16.0 Å². The highest BCUT2D eigenvalue weighted by atomic mass is 16.6. The lowest BCUT2D eigenvalue weighted by molar-refractivity contribution is -0.384. The number of hydrogen-bond acceptors (Lipinski definition) is 7. The number of non-ortho nitro benzene ring substituents is 1. The first kappa shape index (κ1) is 23.7. The Morgan fingerprint density at radius 1 is 0.971 bits per heavy atom. The Hall–Kier alpha value is -4.44. The Balaban J connectivity index is 1.48. The fourth-order valence-electron chi connectivity index (χ4n) is 3.56. The van der Waals surface area contributed by atoms with Gasteiger partial charge in [-0.3, -0.25) is 19.7 Å². The third-order valence-corrected chi connectivity index (χ3v) is 5.40. The van der Waals surface area contributed by atoms with Crippen molar-refractivity contribution in [2.45, 2.75) is 13.0 Å². The number of nitro groups is 1. The Morgan fingerprint density at radius 3 is 2.46 bits per heavy atom. The number of amides is 2. The largest absolute Gasteiger partial charge is 0.486 e. The summed E-state index contributed by atoms with van der Waals surface area (Å²) in [7, 11) is 0. The highest BCUT2D eigenvalue weighted by Crippen LogP contribution is 2.33. The molecule has 0 aliphatic carbocycles. The van der Waals surface area contributed by atoms with Crippen molar-refractivity contribution in [2.24, 2.45) is 0 Å². The lowest BCUT2D eigenvalue weighted by Crippen LogP contribution is -2.30. The average Bonchev–Trinajstić information content (AvgIpc) is 2.87. The molecule has 4 rings (SSSR count). The molecule has 1 aliphatic heterocycles. The van der Waals surface area contributed by atoms with Crippen molar-refractivity contribution >= 4 is 28.9 Å². The number of carbonyl (C=O) groups excluding carboxylic acids is 2. The lowest BCUT2D eigenvalue weighted by Gasteiger charge is -2.19. The molecule has 3 N–H and O–H groups in total. The van der Waals surface area contributed by atoms with Crippen molar-refractivity contribution in [3.63, 3.8) is 0 Å². The van der Waals surface area contributed by atoms with Gasteiger partial charge in [-0.2, -0.15) is 0 Å². The van der Waals surface area contributed by atoms with Crippen molar-refractivity contribution in [3.8, 4) is 11.5 Å². The molecule has 0 spiro atoms. The molecular weight excluding hydrogens is 452 g/mol. The summed E-state index contributed by atoms with van der Waals surface area (Å²) in [6.07, 6.45) is 0. The normalized spacial score (nSPS) is 12.9. The van der Waals surface area contributed by atoms with E-state index in [1.807, 2.05) is 37.3 Å². The molecule has 10 heteroatoms. The summed E-state index contributed by atoms with van der Waals surface area (Å²) in [5, 5.41) is 19.8. The average molecular weight is 476 g/mol. The van der Waals surface area contributed by atoms with Crippen LogP contribution in [0.15, 0.2) is 66.7 Å². The van der Waals surface area contributed by atoms with E-state index in [-0.39, 0.29) is 29.5 Å². The summed E-state index contributed by atoms with van der Waals surface area (Å²) in [6.45, 7) is 2.74. The van der Waals surface area contributed by atoms with Crippen LogP contribution < -0.4 is 25.4 Å². The van der Waals surface area contributed by atoms with E-state index in [9.17, 15) is 19.7 Å². The number of hydrogen-bond donors (Lipinski definition) is 3. The van der Waals surface area contributed by atoms with Gasteiger partial charge in [-0.25, -0.2) is 0 Å². The zero-order chi connectivity index (χ0) is 24.8. The summed E-state index contributed by atoms with van der Waals surface area (Å²) >= 11 is 0. The van der Waals surface area contributed by atoms with Gasteiger partial charge < -0.3 is 25.4 Å². The maximum absolute atomic E-state index is 13.0. The highest BCUT2D eigenvalue weighted by Gasteiger charge is 2.20. The molecule has 3 aromatic rings. The molecule has 1 atom stereocenters. The van der Waals surface area contributed by atoms with Crippen molar-refractivity contribution in [1.29, 1.82) is 0 Å². The van der Waals surface area contributed by atoms with E-state index in [0.29, 0.717) is 30.4 Å². The van der Waals surface area contributed by atoms with Crippen molar-refractivity contribution < 1.29 is 24.0 Å². The van der Waals surface area contributed by atoms with Crippen molar-refractivity contribution in [2.75, 3.05) is 30.4 Å². The van der Waals surface area contributed by atoms with Gasteiger partial charge in [-0.15, -0.1) is 0 Å². The first-order chi connectivity index (χ1) is 16.9. The lowest BCUT2D eigenvalue weighted by atomic mass is 10.1. The van der Waals surface area contributed by atoms with E-state index in [1.165, 1.54) is 12.1 Å². The van der Waals surface area contributed by atoms with Crippen LogP contribution in [0.25, 0.3) is 0 Å². The van der Waals surface area contributed by atoms with Crippen LogP contribution in [-0.2, 0) is 4.79 Å². The SMILES string of the molecule is C[C@@H](NCC(=O)Nc1ccc([N+](=O)[O-])cc1C(=O)Nc1ccc2c(c1)OCCO2)c1ccccc1. The first-order valence-corrected chi connectivity index (χ1v) is 11.0. The molecule has 0 saturated heterocycles. The topological polar surface area (TPSA) is 132 Å². The van der Waals surface area contributed by atoms with Crippen LogP contribution in [0, 0.1) is 10.1 Å². The van der Waals surface area contributed by atoms with Gasteiger partial charge in [-0.05, 0) is 30.7 Å². The number of benzene rings is 3. The summed E-state index contributed by atoms with van der Waals surface area (Å²) < 4.78 is 11.0. The van der Waals surface area contributed by atoms with Gasteiger partial charge in [0.25, 0.3) is 11.6 Å². The fourth-order valence-corrected chi connectivity index (χ4v) is 3.56. The Morgan fingerprint density at radius 2 is 1.71 bits per heavy atom. The number of nitro benzene ring substituents is 1. The van der Waals surface area contributed by atoms with Crippen molar-refractivity contribution in [3.05, 3.63) is 88.0 Å². The molecule has 0 fully saturated rings. The molecule has 0 radical (unpaired) electrons. The fraction of sp³-hybridized carbons (Fsp3) is 0.200. The van der Waals surface area contributed by atoms with Gasteiger partial charge in [0.2, 0.25) is 5.91 Å². The smallest absolute Gasteiger partial charge is 0.270 e. The number of carbonyl (C=O) groups is 2. The predicted molar refractivity (Wildman–Crippen MR) is 130 cm³/mol. The van der Waals surface area contributed by atoms with Gasteiger partial charge in [0.1, 0.15) is 13.2 Å². The summed E-state index contributed by atoms with van der Waals surface area (Å²) in [4.78, 5) is 36.3. The van der Waals surface area contributed by atoms with Gasteiger partial charge in [0.05, 0.1) is 22.7 Å². The predicted octanol–water partition coefficient (Wildman–Crippen LogP) is 3.91. The quantitative estimate of drug-likeness (QED) is 0.332. The van der Waals surface area contributed by atoms with Crippen LogP contribution in [0.5, 0.6) is 11.5 Å². The molecule has 0 unspecified atom stereocenters. The maximum atomic E-state index is 13.0. The van der Waals surface area contributed by atoms with Crippen LogP contribution in [0.1, 0.15) is 28.9 Å². The van der Waals surface area contributed by atoms with E-state index >= 15 is 0 Å². The van der Waals surface area contributed by atoms with Crippen LogP contribution in [0.4, 0.5) is 17.1 Å². The molecule has 35 heavy (non-hydrogen) atoms. The number of nitrogens with one attached hydrogen (secondary N) is 3. The third kappa shape index (κ3) is 5.92. The zero-order valence-corrected chi connectivity index (χ0v) is 18.9. The molecular formula is C25H24N4O6. The minimum absolute atomic E-state index is 0.0176. The molecule has 3 aromatic carbocycles. The summed E-state index contributed by atoms with van der Waals surface area (Å²) in [6, 6.07) is 18.2. The Labute approximate surface area is 201 Å². The first-order valence-electron chi connectivity index (χ1n) is 11.0. The highest BCUT2D eigenvalue weighted by molar-refractivity contribution is 6.10. The Kier molecular flexibility index (Phi) is 7.22. The van der Waals surface area contributed by atoms with E-state index < -0.39 is 16.7 Å². The number of rotatable bonds is 8. The molecule has 0 aromatic heterocycles. The van der Waals surface area contributed by atoms with Gasteiger partial charge >= 0.3 is 0 Å². The van der Waals surface area contributed by atoms with Gasteiger partial charge in [0, 0.05) is 29.9 Å². The second kappa shape index (κ2) is 10.7. The standard InChI is InChI=1S/C25H24N4O6/c1-16(17-5-3-2-4-6-17)26-15-24(30)28-21-9-8-19(29(32)33)14-20(21)25(31)27-18-7-10-22-23(13-18)35-12-11-34-22/h2-10,13-14,16,26H,11-12,15H2,1H3,(H,27,31)(H,28,30)/t16-/m1/s1. The van der Waals surface area contributed by atoms with E-state index in [1.54, 1.807) is 18.2 Å². The van der Waals surface area contributed by atoms with Crippen molar-refractivity contribution in [1.82, 2.24) is 5.32 Å². The van der Waals surface area contributed by atoms with Crippen LogP contribution in [0.2, 0.25) is 0 Å². The number of ether oxygens (including phenoxy) is 2. The molecule has 0 saturated carbocycles. The van der Waals surface area contributed by atoms with E-state index in [4.69, 9.17) is 9.47 Å². The second-order valence-corrected chi connectivity index (χ2v) is 7.86. The molecule has 0 bridgehead atoms. The van der Waals surface area contributed by atoms with Gasteiger partial charge in [-0.1, -0.05) is 30.3 Å². The third-order valence-electron chi connectivity index (χ3n) is 5.40. The maximum Gasteiger partial charge on any atom is 0.270 e. The van der Waals surface area contributed by atoms with Crippen LogP contribution in [0.3, 0.4) is 0 Å². The molecule has 10 nitrogen and oxygen atoms in total. The zero-order valence-electron chi connectivity index (χ0n) is 18.9. The Bertz CT molecular complexity index is 1250. The minimum atomic E-state index is -0.619. The molecule has 1 heterocycles. The van der Waals surface area contributed by atoms with Crippen LogP contribution >= 0.6 is 0 Å². The molecule has 180 valence electrons. The summed E-state index contributed by atoms with van der Waals surface area (Å²) in [5.74, 6) is 0.0383. The van der Waals surface area contributed by atoms with E-state index in [0.717, 1.165) is 11.6 Å². The minimum Gasteiger partial charge on any atom is -0.486 e. The van der Waals surface area contributed by atoms with Gasteiger partial charge in [0.15, 0.2) is 11.5 Å². The second-order valence-electron chi connectivity index (χ2n) is 7.86. The van der Waals surface area contributed by atoms with Crippen LogP contribution in [-0.4, -0.2) is 36.5 Å². The number of nitrogens with zero attached hydrogens (tertiary/aromatic N) is 1. The molecule has 1 aliphatic rings.